The summed E-state index contributed by atoms with van der Waals surface area (Å²) in [5.74, 6) is 0.380. The van der Waals surface area contributed by atoms with Crippen LogP contribution < -0.4 is 4.90 Å². The summed E-state index contributed by atoms with van der Waals surface area (Å²) in [6, 6.07) is 7.91. The highest BCUT2D eigenvalue weighted by molar-refractivity contribution is 7.16. The van der Waals surface area contributed by atoms with E-state index in [1.807, 2.05) is 36.2 Å². The van der Waals surface area contributed by atoms with Gasteiger partial charge in [0.05, 0.1) is 16.8 Å². The van der Waals surface area contributed by atoms with Gasteiger partial charge in [-0.2, -0.15) is 0 Å². The van der Waals surface area contributed by atoms with Crippen LogP contribution in [0.15, 0.2) is 24.3 Å². The van der Waals surface area contributed by atoms with Gasteiger partial charge >= 0.3 is 0 Å². The molecule has 0 bridgehead atoms. The minimum absolute atomic E-state index is 0.110. The Morgan fingerprint density at radius 2 is 2.00 bits per heavy atom. The predicted molar refractivity (Wildman–Crippen MR) is 85.0 cm³/mol. The summed E-state index contributed by atoms with van der Waals surface area (Å²) in [4.78, 5) is 7.28. The smallest absolute Gasteiger partial charge is 0.187 e. The van der Waals surface area contributed by atoms with Gasteiger partial charge in [0.1, 0.15) is 5.15 Å². The fraction of sp³-hybridized carbons (Fsp3) is 0.308. The third kappa shape index (κ3) is 3.16. The summed E-state index contributed by atoms with van der Waals surface area (Å²) in [5.41, 5.74) is 1.06. The quantitative estimate of drug-likeness (QED) is 0.697. The van der Waals surface area contributed by atoms with E-state index in [1.54, 1.807) is 0 Å². The molecule has 0 N–H and O–H groups in total. The third-order valence-corrected chi connectivity index (χ3v) is 5.34. The van der Waals surface area contributed by atoms with E-state index in [9.17, 15) is 0 Å². The zero-order valence-corrected chi connectivity index (χ0v) is 13.6. The van der Waals surface area contributed by atoms with Crippen molar-refractivity contribution >= 4 is 51.3 Å². The summed E-state index contributed by atoms with van der Waals surface area (Å²) >= 11 is 19.6. The van der Waals surface area contributed by atoms with E-state index in [4.69, 9.17) is 34.8 Å². The van der Waals surface area contributed by atoms with E-state index in [0.717, 1.165) is 20.6 Å². The Labute approximate surface area is 131 Å². The number of halogens is 3. The lowest BCUT2D eigenvalue weighted by Gasteiger charge is -2.25. The van der Waals surface area contributed by atoms with Gasteiger partial charge in [0.2, 0.25) is 0 Å². The molecule has 0 radical (unpaired) electrons. The standard InChI is InChI=1S/C13H13Cl3N2S/c1-8(9-5-3-4-6-10(9)15)18(2)13-17-12(16)11(7-14)19-13/h3-6,8H,7H2,1-2H3. The molecule has 0 aliphatic rings. The van der Waals surface area contributed by atoms with Crippen molar-refractivity contribution in [3.63, 3.8) is 0 Å². The SMILES string of the molecule is CC(c1ccccc1Cl)N(C)c1nc(Cl)c(CCl)s1. The van der Waals surface area contributed by atoms with Crippen LogP contribution in [0.4, 0.5) is 5.13 Å². The maximum absolute atomic E-state index is 6.22. The number of aromatic nitrogens is 1. The minimum Gasteiger partial charge on any atom is -0.344 e. The molecule has 19 heavy (non-hydrogen) atoms. The summed E-state index contributed by atoms with van der Waals surface area (Å²) in [7, 11) is 1.97. The highest BCUT2D eigenvalue weighted by Gasteiger charge is 2.19. The first-order valence-electron chi connectivity index (χ1n) is 5.73. The molecular formula is C13H13Cl3N2S. The van der Waals surface area contributed by atoms with Gasteiger partial charge in [0, 0.05) is 12.1 Å². The van der Waals surface area contributed by atoms with Gasteiger partial charge in [-0.05, 0) is 18.6 Å². The molecule has 1 heterocycles. The van der Waals surface area contributed by atoms with E-state index >= 15 is 0 Å². The van der Waals surface area contributed by atoms with Gasteiger partial charge in [0.15, 0.2) is 5.13 Å². The largest absolute Gasteiger partial charge is 0.344 e. The second kappa shape index (κ2) is 6.31. The van der Waals surface area contributed by atoms with Gasteiger partial charge in [-0.3, -0.25) is 0 Å². The molecule has 0 fully saturated rings. The molecule has 0 amide bonds. The maximum Gasteiger partial charge on any atom is 0.187 e. The number of thiazole rings is 1. The van der Waals surface area contributed by atoms with Crippen molar-refractivity contribution in [1.82, 2.24) is 4.98 Å². The summed E-state index contributed by atoms with van der Waals surface area (Å²) in [5, 5.41) is 2.07. The molecule has 1 aromatic heterocycles. The lowest BCUT2D eigenvalue weighted by atomic mass is 10.1. The minimum atomic E-state index is 0.110. The van der Waals surface area contributed by atoms with Crippen LogP contribution in [0.25, 0.3) is 0 Å². The molecule has 0 saturated heterocycles. The zero-order chi connectivity index (χ0) is 14.0. The molecule has 2 rings (SSSR count). The second-order valence-corrected chi connectivity index (χ2v) is 6.25. The topological polar surface area (TPSA) is 16.1 Å². The zero-order valence-electron chi connectivity index (χ0n) is 10.5. The van der Waals surface area contributed by atoms with Crippen LogP contribution in [0.2, 0.25) is 10.2 Å². The van der Waals surface area contributed by atoms with Gasteiger partial charge in [0.25, 0.3) is 0 Å². The molecule has 0 saturated carbocycles. The summed E-state index contributed by atoms with van der Waals surface area (Å²) in [6.07, 6.45) is 0. The molecule has 1 unspecified atom stereocenters. The first-order chi connectivity index (χ1) is 9.04. The van der Waals surface area contributed by atoms with Gasteiger partial charge in [-0.15, -0.1) is 11.6 Å². The number of alkyl halides is 1. The Morgan fingerprint density at radius 3 is 2.58 bits per heavy atom. The predicted octanol–water partition coefficient (Wildman–Crippen LogP) is 5.39. The Bertz CT molecular complexity index is 571. The third-order valence-electron chi connectivity index (χ3n) is 3.00. The molecule has 6 heteroatoms. The molecule has 2 nitrogen and oxygen atoms in total. The van der Waals surface area contributed by atoms with Gasteiger partial charge in [-0.25, -0.2) is 4.98 Å². The van der Waals surface area contributed by atoms with Crippen LogP contribution in [-0.4, -0.2) is 12.0 Å². The Hall–Kier alpha value is -0.480. The molecule has 1 aromatic carbocycles. The van der Waals surface area contributed by atoms with Crippen LogP contribution in [0, 0.1) is 0 Å². The van der Waals surface area contributed by atoms with E-state index in [1.165, 1.54) is 11.3 Å². The normalized spacial score (nSPS) is 12.5. The molecule has 2 aromatic rings. The van der Waals surface area contributed by atoms with E-state index < -0.39 is 0 Å². The number of benzene rings is 1. The van der Waals surface area contributed by atoms with Crippen molar-refractivity contribution in [2.75, 3.05) is 11.9 Å². The van der Waals surface area contributed by atoms with Crippen molar-refractivity contribution in [3.05, 3.63) is 44.9 Å². The van der Waals surface area contributed by atoms with E-state index in [-0.39, 0.29) is 6.04 Å². The van der Waals surface area contributed by atoms with Crippen molar-refractivity contribution in [2.24, 2.45) is 0 Å². The highest BCUT2D eigenvalue weighted by atomic mass is 35.5. The van der Waals surface area contributed by atoms with Crippen molar-refractivity contribution in [1.29, 1.82) is 0 Å². The summed E-state index contributed by atoms with van der Waals surface area (Å²) < 4.78 is 0. The maximum atomic E-state index is 6.22. The average molecular weight is 336 g/mol. The number of nitrogens with zero attached hydrogens (tertiary/aromatic N) is 2. The molecule has 0 aliphatic carbocycles. The lowest BCUT2D eigenvalue weighted by Crippen LogP contribution is -2.21. The first kappa shape index (κ1) is 14.9. The van der Waals surface area contributed by atoms with Crippen LogP contribution in [0.1, 0.15) is 23.4 Å². The monoisotopic (exact) mass is 334 g/mol. The molecule has 1 atom stereocenters. The number of anilines is 1. The summed E-state index contributed by atoms with van der Waals surface area (Å²) in [6.45, 7) is 2.08. The van der Waals surface area contributed by atoms with Gasteiger partial charge < -0.3 is 4.90 Å². The van der Waals surface area contributed by atoms with Crippen molar-refractivity contribution in [2.45, 2.75) is 18.8 Å². The number of hydrogen-bond donors (Lipinski definition) is 0. The van der Waals surface area contributed by atoms with E-state index in [0.29, 0.717) is 11.0 Å². The molecule has 0 aliphatic heterocycles. The number of hydrogen-bond acceptors (Lipinski definition) is 3. The molecule has 102 valence electrons. The van der Waals surface area contributed by atoms with Crippen LogP contribution in [-0.2, 0) is 5.88 Å². The van der Waals surface area contributed by atoms with Crippen LogP contribution in [0.3, 0.4) is 0 Å². The highest BCUT2D eigenvalue weighted by Crippen LogP contribution is 2.35. The average Bonchev–Trinajstić information content (AvgIpc) is 2.79. The Balaban J connectivity index is 2.28. The fourth-order valence-electron chi connectivity index (χ4n) is 1.74. The van der Waals surface area contributed by atoms with Crippen LogP contribution in [0.5, 0.6) is 0 Å². The van der Waals surface area contributed by atoms with Crippen molar-refractivity contribution in [3.8, 4) is 0 Å². The lowest BCUT2D eigenvalue weighted by molar-refractivity contribution is 0.737. The Kier molecular flexibility index (Phi) is 4.96. The van der Waals surface area contributed by atoms with Gasteiger partial charge in [-0.1, -0.05) is 52.7 Å². The first-order valence-corrected chi connectivity index (χ1v) is 7.83. The van der Waals surface area contributed by atoms with Crippen LogP contribution >= 0.6 is 46.1 Å². The number of rotatable bonds is 4. The van der Waals surface area contributed by atoms with Crippen molar-refractivity contribution < 1.29 is 0 Å². The Morgan fingerprint density at radius 1 is 1.32 bits per heavy atom. The second-order valence-electron chi connectivity index (χ2n) is 4.15. The molecular weight excluding hydrogens is 323 g/mol. The van der Waals surface area contributed by atoms with E-state index in [2.05, 4.69) is 11.9 Å². The molecule has 0 spiro atoms. The fourth-order valence-corrected chi connectivity index (χ4v) is 3.55.